The third kappa shape index (κ3) is 4.09. The molecule has 1 aliphatic heterocycles. The number of pyridine rings is 1. The van der Waals surface area contributed by atoms with Crippen LogP contribution in [0.1, 0.15) is 23.6 Å². The highest BCUT2D eigenvalue weighted by Crippen LogP contribution is 2.32. The maximum atomic E-state index is 14.6. The van der Waals surface area contributed by atoms with Crippen molar-refractivity contribution < 1.29 is 22.6 Å². The summed E-state index contributed by atoms with van der Waals surface area (Å²) in [5.74, 6) is -0.0545. The number of halogens is 3. The molecule has 0 amide bonds. The number of para-hydroxylation sites is 1. The van der Waals surface area contributed by atoms with Crippen molar-refractivity contribution in [3.63, 3.8) is 0 Å². The first-order valence-electron chi connectivity index (χ1n) is 9.37. The van der Waals surface area contributed by atoms with Crippen LogP contribution in [0, 0.1) is 5.82 Å². The number of aromatic nitrogens is 1. The van der Waals surface area contributed by atoms with E-state index in [-0.39, 0.29) is 24.8 Å². The molecule has 30 heavy (non-hydrogen) atoms. The first kappa shape index (κ1) is 20.2. The van der Waals surface area contributed by atoms with Gasteiger partial charge in [-0.25, -0.2) is 4.39 Å². The predicted octanol–water partition coefficient (Wildman–Crippen LogP) is 4.17. The van der Waals surface area contributed by atoms with E-state index in [1.54, 1.807) is 25.1 Å². The van der Waals surface area contributed by atoms with E-state index in [0.29, 0.717) is 28.7 Å². The summed E-state index contributed by atoms with van der Waals surface area (Å²) in [5, 5.41) is 0.679. The van der Waals surface area contributed by atoms with E-state index in [4.69, 9.17) is 10.5 Å². The number of nitrogens with zero attached hydrogens (tertiary/aromatic N) is 2. The number of hydrogen-bond donors (Lipinski definition) is 1. The number of nitrogens with two attached hydrogens (primary N) is 1. The molecule has 3 aromatic rings. The summed E-state index contributed by atoms with van der Waals surface area (Å²) >= 11 is 0. The molecule has 1 atom stereocenters. The third-order valence-corrected chi connectivity index (χ3v) is 5.02. The van der Waals surface area contributed by atoms with Crippen molar-refractivity contribution in [2.24, 2.45) is 10.7 Å². The van der Waals surface area contributed by atoms with Crippen LogP contribution in [0.2, 0.25) is 0 Å². The van der Waals surface area contributed by atoms with E-state index in [1.807, 2.05) is 12.1 Å². The van der Waals surface area contributed by atoms with Crippen molar-refractivity contribution in [2.75, 3.05) is 13.2 Å². The van der Waals surface area contributed by atoms with Crippen LogP contribution in [0.5, 0.6) is 5.75 Å². The molecule has 0 fully saturated rings. The van der Waals surface area contributed by atoms with Crippen molar-refractivity contribution in [1.82, 2.24) is 4.98 Å². The third-order valence-electron chi connectivity index (χ3n) is 5.02. The number of rotatable bonds is 5. The fourth-order valence-corrected chi connectivity index (χ4v) is 3.70. The van der Waals surface area contributed by atoms with Crippen LogP contribution in [0.25, 0.3) is 10.9 Å². The Kier molecular flexibility index (Phi) is 5.34. The summed E-state index contributed by atoms with van der Waals surface area (Å²) in [5.41, 5.74) is 7.70. The van der Waals surface area contributed by atoms with Gasteiger partial charge in [0.1, 0.15) is 29.5 Å². The molecule has 0 spiro atoms. The zero-order valence-electron chi connectivity index (χ0n) is 16.2. The average Bonchev–Trinajstić information content (AvgIpc) is 2.69. The number of benzene rings is 2. The molecular formula is C22H20F3N3O2. The maximum Gasteiger partial charge on any atom is 0.387 e. The minimum Gasteiger partial charge on any atom is -0.433 e. The van der Waals surface area contributed by atoms with E-state index in [9.17, 15) is 13.2 Å². The van der Waals surface area contributed by atoms with Crippen molar-refractivity contribution in [3.05, 3.63) is 71.2 Å². The quantitative estimate of drug-likeness (QED) is 0.679. The number of aliphatic imine (C=N–C) groups is 1. The van der Waals surface area contributed by atoms with Gasteiger partial charge in [-0.05, 0) is 36.6 Å². The van der Waals surface area contributed by atoms with E-state index in [1.165, 1.54) is 18.3 Å². The molecule has 0 saturated heterocycles. The Hall–Kier alpha value is -3.13. The molecule has 5 nitrogen and oxygen atoms in total. The van der Waals surface area contributed by atoms with Crippen LogP contribution >= 0.6 is 0 Å². The van der Waals surface area contributed by atoms with Gasteiger partial charge in [0.25, 0.3) is 0 Å². The Bertz CT molecular complexity index is 1120. The molecule has 0 radical (unpaired) electrons. The summed E-state index contributed by atoms with van der Waals surface area (Å²) in [4.78, 5) is 8.71. The highest BCUT2D eigenvalue weighted by Gasteiger charge is 2.32. The predicted molar refractivity (Wildman–Crippen MR) is 107 cm³/mol. The maximum absolute atomic E-state index is 14.6. The van der Waals surface area contributed by atoms with E-state index >= 15 is 0 Å². The van der Waals surface area contributed by atoms with Crippen molar-refractivity contribution in [3.8, 4) is 5.75 Å². The first-order valence-corrected chi connectivity index (χ1v) is 9.37. The lowest BCUT2D eigenvalue weighted by Gasteiger charge is -2.30. The second-order valence-electron chi connectivity index (χ2n) is 7.40. The minimum atomic E-state index is -2.91. The fourth-order valence-electron chi connectivity index (χ4n) is 3.70. The molecule has 2 heterocycles. The lowest BCUT2D eigenvalue weighted by atomic mass is 9.89. The van der Waals surface area contributed by atoms with Gasteiger partial charge >= 0.3 is 6.61 Å². The Morgan fingerprint density at radius 3 is 2.83 bits per heavy atom. The van der Waals surface area contributed by atoms with Gasteiger partial charge in [-0.1, -0.05) is 30.3 Å². The number of ether oxygens (including phenoxy) is 2. The van der Waals surface area contributed by atoms with Crippen molar-refractivity contribution >= 4 is 16.7 Å². The van der Waals surface area contributed by atoms with Gasteiger partial charge in [0.15, 0.2) is 0 Å². The van der Waals surface area contributed by atoms with Crippen LogP contribution in [-0.4, -0.2) is 30.6 Å². The standard InChI is InChI=1S/C22H20F3N3O2/c1-22(12-29-11-19(26)28-22)17-8-13(5-6-18(17)23)7-14-3-2-4-15-9-16(30-21(24)25)10-27-20(14)15/h2-6,8-10,21H,7,11-12H2,1H3,(H2,26,28)/t22-/m0/s1. The van der Waals surface area contributed by atoms with Gasteiger partial charge < -0.3 is 15.2 Å². The van der Waals surface area contributed by atoms with Crippen molar-refractivity contribution in [1.29, 1.82) is 0 Å². The molecule has 4 rings (SSSR count). The van der Waals surface area contributed by atoms with Gasteiger partial charge in [0.2, 0.25) is 0 Å². The Labute approximate surface area is 171 Å². The summed E-state index contributed by atoms with van der Waals surface area (Å²) < 4.78 is 49.4. The lowest BCUT2D eigenvalue weighted by Crippen LogP contribution is -2.38. The van der Waals surface area contributed by atoms with Gasteiger partial charge in [-0.3, -0.25) is 9.98 Å². The fraction of sp³-hybridized carbons (Fsp3) is 0.273. The van der Waals surface area contributed by atoms with E-state index < -0.39 is 12.2 Å². The number of alkyl halides is 2. The average molecular weight is 415 g/mol. The number of fused-ring (bicyclic) bond motifs is 1. The van der Waals surface area contributed by atoms with Crippen molar-refractivity contribution in [2.45, 2.75) is 25.5 Å². The van der Waals surface area contributed by atoms with Gasteiger partial charge in [0, 0.05) is 10.9 Å². The first-order chi connectivity index (χ1) is 14.3. The zero-order chi connectivity index (χ0) is 21.3. The molecule has 0 aliphatic carbocycles. The Morgan fingerprint density at radius 2 is 2.07 bits per heavy atom. The molecule has 2 aromatic carbocycles. The monoisotopic (exact) mass is 415 g/mol. The molecule has 8 heteroatoms. The molecule has 1 aliphatic rings. The highest BCUT2D eigenvalue weighted by molar-refractivity contribution is 5.83. The molecule has 0 saturated carbocycles. The molecule has 156 valence electrons. The van der Waals surface area contributed by atoms with E-state index in [0.717, 1.165) is 11.1 Å². The Balaban J connectivity index is 1.68. The highest BCUT2D eigenvalue weighted by atomic mass is 19.3. The number of amidine groups is 1. The van der Waals surface area contributed by atoms with E-state index in [2.05, 4.69) is 14.7 Å². The van der Waals surface area contributed by atoms with Gasteiger partial charge in [0.05, 0.1) is 18.3 Å². The summed E-state index contributed by atoms with van der Waals surface area (Å²) in [6.07, 6.45) is 1.74. The van der Waals surface area contributed by atoms with Gasteiger partial charge in [-0.15, -0.1) is 0 Å². The van der Waals surface area contributed by atoms with Crippen LogP contribution in [-0.2, 0) is 16.7 Å². The number of hydrogen-bond acceptors (Lipinski definition) is 5. The summed E-state index contributed by atoms with van der Waals surface area (Å²) in [6, 6.07) is 11.9. The van der Waals surface area contributed by atoms with Crippen LogP contribution in [0.4, 0.5) is 13.2 Å². The molecule has 1 aromatic heterocycles. The topological polar surface area (TPSA) is 69.7 Å². The molecule has 0 unspecified atom stereocenters. The summed E-state index contributed by atoms with van der Waals surface area (Å²) in [6.45, 7) is -0.662. The van der Waals surface area contributed by atoms with Crippen LogP contribution in [0.15, 0.2) is 53.7 Å². The van der Waals surface area contributed by atoms with Crippen LogP contribution in [0.3, 0.4) is 0 Å². The second kappa shape index (κ2) is 7.95. The Morgan fingerprint density at radius 1 is 1.23 bits per heavy atom. The molecule has 0 bridgehead atoms. The minimum absolute atomic E-state index is 0.000563. The lowest BCUT2D eigenvalue weighted by molar-refractivity contribution is -0.0499. The normalized spacial score (nSPS) is 19.2. The molecule has 2 N–H and O–H groups in total. The van der Waals surface area contributed by atoms with Crippen LogP contribution < -0.4 is 10.5 Å². The molecular weight excluding hydrogens is 395 g/mol. The zero-order valence-corrected chi connectivity index (χ0v) is 16.2. The van der Waals surface area contributed by atoms with Gasteiger partial charge in [-0.2, -0.15) is 8.78 Å². The summed E-state index contributed by atoms with van der Waals surface area (Å²) in [7, 11) is 0. The SMILES string of the molecule is C[C@@]1(c2cc(Cc3cccc4cc(OC(F)F)cnc34)ccc2F)COCC(N)=N1. The second-order valence-corrected chi connectivity index (χ2v) is 7.40. The largest absolute Gasteiger partial charge is 0.433 e. The smallest absolute Gasteiger partial charge is 0.387 e.